The highest BCUT2D eigenvalue weighted by atomic mass is 19.2. The molecule has 1 unspecified atom stereocenters. The third-order valence-corrected chi connectivity index (χ3v) is 2.86. The fraction of sp³-hybridized carbons (Fsp3) is 0.143. The van der Waals surface area contributed by atoms with Gasteiger partial charge in [0.1, 0.15) is 11.5 Å². The number of benzene rings is 2. The first-order valence-electron chi connectivity index (χ1n) is 5.82. The van der Waals surface area contributed by atoms with Gasteiger partial charge in [-0.3, -0.25) is 0 Å². The van der Waals surface area contributed by atoms with Crippen LogP contribution < -0.4 is 5.32 Å². The molecule has 0 spiro atoms. The van der Waals surface area contributed by atoms with Crippen molar-refractivity contribution in [2.45, 2.75) is 13.0 Å². The standard InChI is InChI=1S/C14H12F3NO2/c1-7(13-11(19)3-2-4-12(13)20)18-8-5-9(15)14(17)10(16)6-8/h2-7,18-20H,1H3. The molecule has 1 atom stereocenters. The number of nitrogens with one attached hydrogen (secondary N) is 1. The van der Waals surface area contributed by atoms with E-state index in [9.17, 15) is 23.4 Å². The Morgan fingerprint density at radius 1 is 1.00 bits per heavy atom. The van der Waals surface area contributed by atoms with Crippen molar-refractivity contribution >= 4 is 5.69 Å². The zero-order chi connectivity index (χ0) is 14.9. The number of anilines is 1. The molecule has 0 saturated carbocycles. The van der Waals surface area contributed by atoms with Gasteiger partial charge in [-0.2, -0.15) is 0 Å². The molecule has 0 aliphatic carbocycles. The van der Waals surface area contributed by atoms with Crippen LogP contribution in [0.3, 0.4) is 0 Å². The van der Waals surface area contributed by atoms with Crippen LogP contribution in [0.15, 0.2) is 30.3 Å². The van der Waals surface area contributed by atoms with Crippen molar-refractivity contribution in [2.24, 2.45) is 0 Å². The summed E-state index contributed by atoms with van der Waals surface area (Å²) in [4.78, 5) is 0. The van der Waals surface area contributed by atoms with E-state index in [1.54, 1.807) is 6.92 Å². The van der Waals surface area contributed by atoms with E-state index in [4.69, 9.17) is 0 Å². The van der Waals surface area contributed by atoms with E-state index >= 15 is 0 Å². The second kappa shape index (κ2) is 5.32. The summed E-state index contributed by atoms with van der Waals surface area (Å²) in [6.07, 6.45) is 0. The Hall–Kier alpha value is -2.37. The van der Waals surface area contributed by atoms with Crippen molar-refractivity contribution in [1.82, 2.24) is 0 Å². The van der Waals surface area contributed by atoms with Gasteiger partial charge < -0.3 is 15.5 Å². The van der Waals surface area contributed by atoms with Crippen LogP contribution in [-0.4, -0.2) is 10.2 Å². The lowest BCUT2D eigenvalue weighted by atomic mass is 10.1. The molecule has 0 aromatic heterocycles. The minimum Gasteiger partial charge on any atom is -0.507 e. The summed E-state index contributed by atoms with van der Waals surface area (Å²) in [5.74, 6) is -4.50. The fourth-order valence-electron chi connectivity index (χ4n) is 1.95. The molecule has 3 N–H and O–H groups in total. The van der Waals surface area contributed by atoms with Crippen molar-refractivity contribution in [2.75, 3.05) is 5.32 Å². The Labute approximate surface area is 113 Å². The maximum atomic E-state index is 13.1. The van der Waals surface area contributed by atoms with Crippen LogP contribution in [0.4, 0.5) is 18.9 Å². The Bertz CT molecular complexity index is 603. The van der Waals surface area contributed by atoms with E-state index in [-0.39, 0.29) is 22.7 Å². The number of aromatic hydroxyl groups is 2. The molecule has 0 amide bonds. The molecular weight excluding hydrogens is 271 g/mol. The molecule has 2 rings (SSSR count). The molecular formula is C14H12F3NO2. The molecule has 0 bridgehead atoms. The van der Waals surface area contributed by atoms with Gasteiger partial charge in [0.2, 0.25) is 0 Å². The molecule has 20 heavy (non-hydrogen) atoms. The first-order chi connectivity index (χ1) is 9.40. The molecule has 2 aromatic carbocycles. The SMILES string of the molecule is CC(Nc1cc(F)c(F)c(F)c1)c1c(O)cccc1O. The monoisotopic (exact) mass is 283 g/mol. The molecule has 0 saturated heterocycles. The quantitative estimate of drug-likeness (QED) is 0.753. The topological polar surface area (TPSA) is 52.5 Å². The van der Waals surface area contributed by atoms with Gasteiger partial charge in [0.15, 0.2) is 17.5 Å². The predicted molar refractivity (Wildman–Crippen MR) is 68.1 cm³/mol. The summed E-state index contributed by atoms with van der Waals surface area (Å²) in [6, 6.07) is 5.16. The van der Waals surface area contributed by atoms with E-state index in [1.807, 2.05) is 0 Å². The molecule has 0 fully saturated rings. The Morgan fingerprint density at radius 3 is 2.00 bits per heavy atom. The van der Waals surface area contributed by atoms with Gasteiger partial charge in [0, 0.05) is 17.8 Å². The highest BCUT2D eigenvalue weighted by molar-refractivity contribution is 5.51. The van der Waals surface area contributed by atoms with Crippen LogP contribution in [0.2, 0.25) is 0 Å². The lowest BCUT2D eigenvalue weighted by Gasteiger charge is -2.18. The molecule has 0 aliphatic heterocycles. The predicted octanol–water partition coefficient (Wildman–Crippen LogP) is 3.69. The van der Waals surface area contributed by atoms with Gasteiger partial charge in [-0.1, -0.05) is 6.07 Å². The third kappa shape index (κ3) is 2.64. The highest BCUT2D eigenvalue weighted by Gasteiger charge is 2.17. The van der Waals surface area contributed by atoms with Crippen molar-refractivity contribution < 1.29 is 23.4 Å². The lowest BCUT2D eigenvalue weighted by Crippen LogP contribution is -2.08. The van der Waals surface area contributed by atoms with Crippen molar-refractivity contribution in [3.8, 4) is 11.5 Å². The summed E-state index contributed by atoms with van der Waals surface area (Å²) < 4.78 is 39.0. The van der Waals surface area contributed by atoms with E-state index in [1.165, 1.54) is 18.2 Å². The number of phenolic OH excluding ortho intramolecular Hbond substituents is 2. The average molecular weight is 283 g/mol. The van der Waals surface area contributed by atoms with Gasteiger partial charge in [0.05, 0.1) is 11.6 Å². The Morgan fingerprint density at radius 2 is 1.50 bits per heavy atom. The van der Waals surface area contributed by atoms with Gasteiger partial charge in [-0.25, -0.2) is 13.2 Å². The first-order valence-corrected chi connectivity index (χ1v) is 5.82. The molecule has 0 heterocycles. The zero-order valence-corrected chi connectivity index (χ0v) is 10.5. The van der Waals surface area contributed by atoms with E-state index in [2.05, 4.69) is 5.32 Å². The largest absolute Gasteiger partial charge is 0.507 e. The van der Waals surface area contributed by atoms with Crippen LogP contribution in [-0.2, 0) is 0 Å². The summed E-state index contributed by atoms with van der Waals surface area (Å²) in [5.41, 5.74) is 0.175. The van der Waals surface area contributed by atoms with Crippen LogP contribution in [0.1, 0.15) is 18.5 Å². The number of halogens is 3. The van der Waals surface area contributed by atoms with Crippen LogP contribution >= 0.6 is 0 Å². The van der Waals surface area contributed by atoms with Gasteiger partial charge in [-0.05, 0) is 19.1 Å². The maximum Gasteiger partial charge on any atom is 0.194 e. The average Bonchev–Trinajstić information content (AvgIpc) is 2.35. The van der Waals surface area contributed by atoms with Crippen LogP contribution in [0.5, 0.6) is 11.5 Å². The minimum atomic E-state index is -1.55. The van der Waals surface area contributed by atoms with E-state index in [0.29, 0.717) is 0 Å². The zero-order valence-electron chi connectivity index (χ0n) is 10.5. The first kappa shape index (κ1) is 14.0. The summed E-state index contributed by atoms with van der Waals surface area (Å²) in [5, 5.41) is 22.1. The lowest BCUT2D eigenvalue weighted by molar-refractivity contribution is 0.434. The summed E-state index contributed by atoms with van der Waals surface area (Å²) >= 11 is 0. The molecule has 0 radical (unpaired) electrons. The van der Waals surface area contributed by atoms with Crippen LogP contribution in [0.25, 0.3) is 0 Å². The van der Waals surface area contributed by atoms with Gasteiger partial charge in [-0.15, -0.1) is 0 Å². The van der Waals surface area contributed by atoms with E-state index in [0.717, 1.165) is 12.1 Å². The van der Waals surface area contributed by atoms with Gasteiger partial charge >= 0.3 is 0 Å². The number of phenols is 2. The summed E-state index contributed by atoms with van der Waals surface area (Å²) in [6.45, 7) is 1.58. The maximum absolute atomic E-state index is 13.1. The highest BCUT2D eigenvalue weighted by Crippen LogP contribution is 2.34. The molecule has 106 valence electrons. The number of rotatable bonds is 3. The molecule has 3 nitrogen and oxygen atoms in total. The van der Waals surface area contributed by atoms with Gasteiger partial charge in [0.25, 0.3) is 0 Å². The minimum absolute atomic E-state index is 0.00319. The molecule has 0 aliphatic rings. The number of hydrogen-bond acceptors (Lipinski definition) is 3. The fourth-order valence-corrected chi connectivity index (χ4v) is 1.95. The summed E-state index contributed by atoms with van der Waals surface area (Å²) in [7, 11) is 0. The van der Waals surface area contributed by atoms with Crippen molar-refractivity contribution in [3.63, 3.8) is 0 Å². The molecule has 6 heteroatoms. The van der Waals surface area contributed by atoms with Crippen molar-refractivity contribution in [3.05, 3.63) is 53.3 Å². The smallest absolute Gasteiger partial charge is 0.194 e. The van der Waals surface area contributed by atoms with E-state index < -0.39 is 23.5 Å². The second-order valence-electron chi connectivity index (χ2n) is 4.33. The Balaban J connectivity index is 2.30. The van der Waals surface area contributed by atoms with Crippen molar-refractivity contribution in [1.29, 1.82) is 0 Å². The second-order valence-corrected chi connectivity index (χ2v) is 4.33. The Kier molecular flexibility index (Phi) is 3.74. The van der Waals surface area contributed by atoms with Crippen LogP contribution in [0, 0.1) is 17.5 Å². The third-order valence-electron chi connectivity index (χ3n) is 2.86. The normalized spacial score (nSPS) is 12.2. The molecule has 2 aromatic rings. The number of hydrogen-bond donors (Lipinski definition) is 3.